The molecule has 1 aromatic carbocycles. The minimum Gasteiger partial charge on any atom is -0.790 e. The lowest BCUT2D eigenvalue weighted by molar-refractivity contribution is -0.343. The van der Waals surface area contributed by atoms with Gasteiger partial charge in [0.15, 0.2) is 11.5 Å². The Morgan fingerprint density at radius 3 is 2.42 bits per heavy atom. The average molecular weight is 454 g/mol. The molecule has 0 amide bonds. The number of aryl methyl sites for hydroxylation is 2. The molecule has 4 N–H and O–H groups in total. The monoisotopic (exact) mass is 454 g/mol. The first kappa shape index (κ1) is 23.2. The molecule has 0 saturated heterocycles. The number of H-pyrrole nitrogens is 1. The second-order valence-corrected chi connectivity index (χ2v) is 8.21. The average Bonchev–Trinajstić information content (AvgIpc) is 2.67. The highest BCUT2D eigenvalue weighted by Gasteiger charge is 2.28. The fraction of sp³-hybridized carbons (Fsp3) is 0.412. The van der Waals surface area contributed by atoms with Gasteiger partial charge in [-0.1, -0.05) is 0 Å². The highest BCUT2D eigenvalue weighted by molar-refractivity contribution is 7.43. The summed E-state index contributed by atoms with van der Waals surface area (Å²) in [5.41, 5.74) is 0.512. The molecule has 0 bridgehead atoms. The second kappa shape index (κ2) is 8.55. The molecule has 0 unspecified atom stereocenters. The number of aliphatic hydroxyl groups excluding tert-OH is 3. The first-order valence-corrected chi connectivity index (χ1v) is 10.5. The lowest BCUT2D eigenvalue weighted by Crippen LogP contribution is -2.43. The topological polar surface area (TPSA) is 214 Å². The summed E-state index contributed by atoms with van der Waals surface area (Å²) in [6.07, 6.45) is -5.58. The fourth-order valence-electron chi connectivity index (χ4n) is 3.05. The molecule has 3 atom stereocenters. The maximum atomic E-state index is 12.2. The van der Waals surface area contributed by atoms with Crippen LogP contribution in [0.25, 0.3) is 22.6 Å². The molecule has 0 aliphatic carbocycles. The normalized spacial score (nSPS) is 15.3. The van der Waals surface area contributed by atoms with Crippen molar-refractivity contribution >= 4 is 18.9 Å². The SMILES string of the molecule is Cc1cc2nc3c(=O)[nH]c(=O)nc-3n(C[C@H](O)[C@H](O)[C@H](O)COP(=O)([O-])[O-])c2cc1C. The third-order valence-electron chi connectivity index (χ3n) is 4.79. The first-order valence-electron chi connectivity index (χ1n) is 9.00. The van der Waals surface area contributed by atoms with E-state index in [0.717, 1.165) is 11.1 Å². The Labute approximate surface area is 174 Å². The van der Waals surface area contributed by atoms with E-state index in [1.165, 1.54) is 4.57 Å². The summed E-state index contributed by atoms with van der Waals surface area (Å²) >= 11 is 0. The van der Waals surface area contributed by atoms with Crippen LogP contribution in [-0.4, -0.2) is 59.8 Å². The molecule has 1 aromatic rings. The van der Waals surface area contributed by atoms with E-state index < -0.39 is 50.5 Å². The van der Waals surface area contributed by atoms with Crippen molar-refractivity contribution in [1.82, 2.24) is 19.5 Å². The van der Waals surface area contributed by atoms with Crippen molar-refractivity contribution in [2.45, 2.75) is 38.7 Å². The quantitative estimate of drug-likeness (QED) is 0.210. The van der Waals surface area contributed by atoms with E-state index in [-0.39, 0.29) is 11.5 Å². The summed E-state index contributed by atoms with van der Waals surface area (Å²) in [6.45, 7) is 2.11. The molecule has 0 spiro atoms. The minimum absolute atomic E-state index is 0.162. The zero-order chi connectivity index (χ0) is 23.1. The van der Waals surface area contributed by atoms with Crippen molar-refractivity contribution in [3.05, 3.63) is 44.1 Å². The summed E-state index contributed by atoms with van der Waals surface area (Å²) in [4.78, 5) is 55.1. The van der Waals surface area contributed by atoms with Crippen LogP contribution in [0, 0.1) is 13.8 Å². The van der Waals surface area contributed by atoms with Crippen LogP contribution in [0.2, 0.25) is 0 Å². The Bertz CT molecular complexity index is 1250. The molecule has 0 saturated carbocycles. The molecule has 2 aliphatic rings. The second-order valence-electron chi connectivity index (χ2n) is 7.06. The standard InChI is InChI=1S/C17H21N4O9P/c1-7-3-9-10(4-8(7)2)21(15-13(18-9)16(25)20-17(26)19-15)5-11(22)14(24)12(23)6-30-31(27,28)29/h3-4,11-12,14,22-24H,5-6H2,1-2H3,(H,20,25,26)(H2,27,28,29)/p-2/t11-,12+,14-/m0/s1. The Morgan fingerprint density at radius 1 is 1.13 bits per heavy atom. The van der Waals surface area contributed by atoms with Gasteiger partial charge in [-0.15, -0.1) is 0 Å². The van der Waals surface area contributed by atoms with E-state index in [9.17, 15) is 39.3 Å². The molecule has 14 heteroatoms. The van der Waals surface area contributed by atoms with Crippen molar-refractivity contribution in [3.63, 3.8) is 0 Å². The Hall–Kier alpha value is -2.51. The molecule has 0 fully saturated rings. The molecule has 0 radical (unpaired) electrons. The van der Waals surface area contributed by atoms with Gasteiger partial charge in [-0.25, -0.2) is 9.78 Å². The predicted molar refractivity (Wildman–Crippen MR) is 102 cm³/mol. The van der Waals surface area contributed by atoms with Crippen LogP contribution in [0.5, 0.6) is 0 Å². The van der Waals surface area contributed by atoms with Gasteiger partial charge in [-0.3, -0.25) is 9.78 Å². The number of nitrogens with zero attached hydrogens (tertiary/aromatic N) is 3. The fourth-order valence-corrected chi connectivity index (χ4v) is 3.39. The van der Waals surface area contributed by atoms with Crippen LogP contribution in [-0.2, 0) is 15.6 Å². The van der Waals surface area contributed by atoms with Crippen LogP contribution in [0.1, 0.15) is 11.1 Å². The van der Waals surface area contributed by atoms with Gasteiger partial charge >= 0.3 is 5.69 Å². The van der Waals surface area contributed by atoms with Gasteiger partial charge in [-0.2, -0.15) is 4.98 Å². The van der Waals surface area contributed by atoms with Crippen molar-refractivity contribution in [3.8, 4) is 11.5 Å². The molecular formula is C17H19N4O9P-2. The van der Waals surface area contributed by atoms with Crippen LogP contribution in [0.4, 0.5) is 0 Å². The van der Waals surface area contributed by atoms with Crippen molar-refractivity contribution < 1.29 is 34.2 Å². The molecule has 31 heavy (non-hydrogen) atoms. The number of phosphoric ester groups is 1. The smallest absolute Gasteiger partial charge is 0.349 e. The van der Waals surface area contributed by atoms with E-state index >= 15 is 0 Å². The highest BCUT2D eigenvalue weighted by atomic mass is 31.2. The number of aliphatic hydroxyl groups is 3. The van der Waals surface area contributed by atoms with Crippen molar-refractivity contribution in [2.24, 2.45) is 0 Å². The number of hydrogen-bond acceptors (Lipinski definition) is 11. The first-order chi connectivity index (χ1) is 14.4. The van der Waals surface area contributed by atoms with Gasteiger partial charge in [0.1, 0.15) is 18.3 Å². The van der Waals surface area contributed by atoms with E-state index in [1.54, 1.807) is 12.1 Å². The molecule has 2 heterocycles. The highest BCUT2D eigenvalue weighted by Crippen LogP contribution is 2.26. The third kappa shape index (κ3) is 5.05. The Balaban J connectivity index is 2.06. The third-order valence-corrected chi connectivity index (χ3v) is 5.25. The maximum Gasteiger partial charge on any atom is 0.349 e. The number of aromatic nitrogens is 4. The van der Waals surface area contributed by atoms with E-state index in [2.05, 4.69) is 14.5 Å². The van der Waals surface area contributed by atoms with Crippen molar-refractivity contribution in [2.75, 3.05) is 6.61 Å². The summed E-state index contributed by atoms with van der Waals surface area (Å²) in [6, 6.07) is 3.38. The van der Waals surface area contributed by atoms with Gasteiger partial charge in [0, 0.05) is 0 Å². The van der Waals surface area contributed by atoms with Gasteiger partial charge in [0.2, 0.25) is 0 Å². The number of fused-ring (bicyclic) bond motifs is 2. The predicted octanol–water partition coefficient (Wildman–Crippen LogP) is -2.87. The van der Waals surface area contributed by atoms with Crippen molar-refractivity contribution in [1.29, 1.82) is 0 Å². The number of hydrogen-bond donors (Lipinski definition) is 4. The van der Waals surface area contributed by atoms with E-state index in [4.69, 9.17) is 0 Å². The largest absolute Gasteiger partial charge is 0.790 e. The summed E-state index contributed by atoms with van der Waals surface area (Å²) in [5.74, 6) is -0.162. The van der Waals surface area contributed by atoms with Gasteiger partial charge in [-0.05, 0) is 37.1 Å². The van der Waals surface area contributed by atoms with Gasteiger partial charge in [0.25, 0.3) is 5.56 Å². The summed E-state index contributed by atoms with van der Waals surface area (Å²) < 4.78 is 15.8. The summed E-state index contributed by atoms with van der Waals surface area (Å²) in [5, 5.41) is 30.4. The molecule has 3 rings (SSSR count). The van der Waals surface area contributed by atoms with Gasteiger partial charge < -0.3 is 38.8 Å². The summed E-state index contributed by atoms with van der Waals surface area (Å²) in [7, 11) is -5.39. The molecule has 0 aromatic heterocycles. The van der Waals surface area contributed by atoms with E-state index in [0.29, 0.717) is 11.0 Å². The molecule has 2 aliphatic heterocycles. The molecule has 13 nitrogen and oxygen atoms in total. The number of rotatable bonds is 7. The minimum atomic E-state index is -5.39. The lowest BCUT2D eigenvalue weighted by Gasteiger charge is -2.31. The van der Waals surface area contributed by atoms with E-state index in [1.807, 2.05) is 18.8 Å². The number of aromatic amines is 1. The lowest BCUT2D eigenvalue weighted by atomic mass is 10.1. The Morgan fingerprint density at radius 2 is 1.77 bits per heavy atom. The van der Waals surface area contributed by atoms with Gasteiger partial charge in [0.05, 0.1) is 32.0 Å². The number of phosphoric acid groups is 1. The van der Waals surface area contributed by atoms with Crippen LogP contribution >= 0.6 is 7.82 Å². The zero-order valence-electron chi connectivity index (χ0n) is 16.4. The molecular weight excluding hydrogens is 435 g/mol. The molecule has 168 valence electrons. The number of benzene rings is 1. The Kier molecular flexibility index (Phi) is 6.39. The van der Waals surface area contributed by atoms with Crippen LogP contribution < -0.4 is 21.0 Å². The van der Waals surface area contributed by atoms with Crippen LogP contribution in [0.3, 0.4) is 0 Å². The maximum absolute atomic E-state index is 12.2. The number of nitrogens with one attached hydrogen (secondary N) is 1. The van der Waals surface area contributed by atoms with Crippen LogP contribution in [0.15, 0.2) is 21.7 Å². The zero-order valence-corrected chi connectivity index (χ0v) is 17.3.